The van der Waals surface area contributed by atoms with E-state index in [9.17, 15) is 4.39 Å². The van der Waals surface area contributed by atoms with Crippen LogP contribution in [0, 0.1) is 0 Å². The SMILES string of the molecule is C.C[C@@H](c1cccc(CF)c1)[C@@H]1CCN1.F.F. The number of hydrogen-bond acceptors (Lipinski definition) is 1. The largest absolute Gasteiger partial charge is 0.313 e. The highest BCUT2D eigenvalue weighted by Crippen LogP contribution is 2.25. The number of benzene rings is 1. The van der Waals surface area contributed by atoms with Crippen LogP contribution in [-0.2, 0) is 6.67 Å². The van der Waals surface area contributed by atoms with Gasteiger partial charge in [-0.2, -0.15) is 0 Å². The predicted molar refractivity (Wildman–Crippen MR) is 67.8 cm³/mol. The Labute approximate surface area is 101 Å². The van der Waals surface area contributed by atoms with E-state index < -0.39 is 0 Å². The lowest BCUT2D eigenvalue weighted by atomic mass is 9.87. The third-order valence-corrected chi connectivity index (χ3v) is 3.10. The van der Waals surface area contributed by atoms with Crippen molar-refractivity contribution in [1.82, 2.24) is 5.32 Å². The zero-order chi connectivity index (χ0) is 9.97. The second kappa shape index (κ2) is 8.12. The van der Waals surface area contributed by atoms with Crippen LogP contribution in [0.5, 0.6) is 0 Å². The first-order valence-corrected chi connectivity index (χ1v) is 5.19. The highest BCUT2D eigenvalue weighted by Gasteiger charge is 2.24. The van der Waals surface area contributed by atoms with Crippen LogP contribution in [-0.4, -0.2) is 12.6 Å². The minimum Gasteiger partial charge on any atom is -0.313 e. The molecule has 1 N–H and O–H groups in total. The molecule has 0 saturated carbocycles. The van der Waals surface area contributed by atoms with Gasteiger partial charge in [-0.1, -0.05) is 38.6 Å². The van der Waals surface area contributed by atoms with Gasteiger partial charge in [0.1, 0.15) is 6.67 Å². The van der Waals surface area contributed by atoms with Crippen molar-refractivity contribution in [3.8, 4) is 0 Å². The Kier molecular flexibility index (Phi) is 8.76. The molecule has 0 spiro atoms. The molecule has 1 nitrogen and oxygen atoms in total. The Bertz CT molecular complexity index is 313. The molecular weight excluding hydrogens is 227 g/mol. The van der Waals surface area contributed by atoms with Crippen molar-refractivity contribution < 1.29 is 13.8 Å². The van der Waals surface area contributed by atoms with Crippen LogP contribution in [0.1, 0.15) is 37.8 Å². The molecule has 2 rings (SSSR count). The van der Waals surface area contributed by atoms with E-state index in [0.717, 1.165) is 12.1 Å². The Hall–Kier alpha value is -1.03. The maximum Gasteiger partial charge on any atom is 0.115 e. The van der Waals surface area contributed by atoms with E-state index in [1.807, 2.05) is 18.2 Å². The molecule has 1 aromatic rings. The van der Waals surface area contributed by atoms with Gasteiger partial charge in [0.25, 0.3) is 0 Å². The summed E-state index contributed by atoms with van der Waals surface area (Å²) in [6.07, 6.45) is 1.24. The Morgan fingerprint density at radius 3 is 2.53 bits per heavy atom. The van der Waals surface area contributed by atoms with Gasteiger partial charge >= 0.3 is 0 Å². The lowest BCUT2D eigenvalue weighted by Crippen LogP contribution is -2.46. The summed E-state index contributed by atoms with van der Waals surface area (Å²) < 4.78 is 12.5. The van der Waals surface area contributed by atoms with Crippen LogP contribution in [0.15, 0.2) is 24.3 Å². The second-order valence-corrected chi connectivity index (χ2v) is 4.02. The van der Waals surface area contributed by atoms with Gasteiger partial charge in [-0.05, 0) is 30.0 Å². The summed E-state index contributed by atoms with van der Waals surface area (Å²) >= 11 is 0. The smallest absolute Gasteiger partial charge is 0.115 e. The third kappa shape index (κ3) is 4.04. The van der Waals surface area contributed by atoms with E-state index >= 15 is 0 Å². The first-order chi connectivity index (χ1) is 6.81. The highest BCUT2D eigenvalue weighted by molar-refractivity contribution is 5.27. The molecule has 1 saturated heterocycles. The fourth-order valence-corrected chi connectivity index (χ4v) is 1.93. The summed E-state index contributed by atoms with van der Waals surface area (Å²) in [4.78, 5) is 0. The molecule has 0 amide bonds. The molecule has 0 aliphatic carbocycles. The van der Waals surface area contributed by atoms with Crippen LogP contribution < -0.4 is 5.32 Å². The van der Waals surface area contributed by atoms with Gasteiger partial charge in [-0.25, -0.2) is 4.39 Å². The zero-order valence-corrected chi connectivity index (χ0v) is 9.28. The first-order valence-electron chi connectivity index (χ1n) is 5.19. The molecule has 0 unspecified atom stereocenters. The lowest BCUT2D eigenvalue weighted by molar-refractivity contribution is 0.327. The summed E-state index contributed by atoms with van der Waals surface area (Å²) in [6.45, 7) is 2.96. The van der Waals surface area contributed by atoms with Crippen LogP contribution >= 0.6 is 0 Å². The molecule has 0 radical (unpaired) electrons. The van der Waals surface area contributed by atoms with Crippen LogP contribution in [0.2, 0.25) is 0 Å². The molecule has 1 aromatic carbocycles. The summed E-state index contributed by atoms with van der Waals surface area (Å²) in [5, 5.41) is 3.39. The fourth-order valence-electron chi connectivity index (χ4n) is 1.93. The summed E-state index contributed by atoms with van der Waals surface area (Å²) in [5.74, 6) is 0.496. The molecule has 0 bridgehead atoms. The number of nitrogens with one attached hydrogen (secondary N) is 1. The highest BCUT2D eigenvalue weighted by atomic mass is 19.1. The number of halogens is 3. The minimum atomic E-state index is -0.362. The van der Waals surface area contributed by atoms with Crippen LogP contribution in [0.25, 0.3) is 0 Å². The average molecular weight is 249 g/mol. The van der Waals surface area contributed by atoms with Gasteiger partial charge in [0.05, 0.1) is 0 Å². The molecule has 2 atom stereocenters. The van der Waals surface area contributed by atoms with Crippen molar-refractivity contribution in [1.29, 1.82) is 0 Å². The number of alkyl halides is 1. The van der Waals surface area contributed by atoms with E-state index in [1.54, 1.807) is 0 Å². The van der Waals surface area contributed by atoms with E-state index in [0.29, 0.717) is 12.0 Å². The molecule has 1 heterocycles. The van der Waals surface area contributed by atoms with Crippen molar-refractivity contribution in [3.63, 3.8) is 0 Å². The summed E-state index contributed by atoms with van der Waals surface area (Å²) in [7, 11) is 0. The van der Waals surface area contributed by atoms with Crippen molar-refractivity contribution in [2.24, 2.45) is 0 Å². The average Bonchev–Trinajstić information content (AvgIpc) is 2.15. The predicted octanol–water partition coefficient (Wildman–Crippen LogP) is 3.56. The number of rotatable bonds is 3. The topological polar surface area (TPSA) is 12.0 Å². The van der Waals surface area contributed by atoms with Crippen molar-refractivity contribution in [3.05, 3.63) is 35.4 Å². The molecule has 0 aromatic heterocycles. The lowest BCUT2D eigenvalue weighted by Gasteiger charge is -2.33. The van der Waals surface area contributed by atoms with Crippen molar-refractivity contribution >= 4 is 0 Å². The quantitative estimate of drug-likeness (QED) is 0.863. The van der Waals surface area contributed by atoms with E-state index in [2.05, 4.69) is 18.3 Å². The van der Waals surface area contributed by atoms with Crippen LogP contribution in [0.3, 0.4) is 0 Å². The Morgan fingerprint density at radius 1 is 1.41 bits per heavy atom. The van der Waals surface area contributed by atoms with Crippen molar-refractivity contribution in [2.75, 3.05) is 6.54 Å². The van der Waals surface area contributed by atoms with Gasteiger partial charge in [0.15, 0.2) is 0 Å². The number of hydrogen-bond donors (Lipinski definition) is 1. The second-order valence-electron chi connectivity index (χ2n) is 4.02. The fraction of sp³-hybridized carbons (Fsp3) is 0.538. The van der Waals surface area contributed by atoms with E-state index in [4.69, 9.17) is 0 Å². The maximum atomic E-state index is 12.5. The summed E-state index contributed by atoms with van der Waals surface area (Å²) in [5.41, 5.74) is 2.03. The first kappa shape index (κ1) is 18.3. The van der Waals surface area contributed by atoms with E-state index in [1.165, 1.54) is 12.0 Å². The standard InChI is InChI=1S/C12H16FN.CH4.2FH/c1-9(12-5-6-14-12)11-4-2-3-10(7-11)8-13;;;/h2-4,7,9,12,14H,5-6,8H2,1H3;1H4;2*1H/t9-,12-;;;/m0.../s1. The molecular formula is C13H22F3N. The minimum absolute atomic E-state index is 0. The maximum absolute atomic E-state index is 12.5. The van der Waals surface area contributed by atoms with Gasteiger partial charge in [0, 0.05) is 6.04 Å². The van der Waals surface area contributed by atoms with Gasteiger partial charge in [0.2, 0.25) is 0 Å². The molecule has 4 heteroatoms. The Balaban J connectivity index is 0. The summed E-state index contributed by atoms with van der Waals surface area (Å²) in [6, 6.07) is 8.43. The molecule has 1 fully saturated rings. The van der Waals surface area contributed by atoms with Gasteiger partial charge < -0.3 is 5.32 Å². The Morgan fingerprint density at radius 2 is 2.06 bits per heavy atom. The normalized spacial score (nSPS) is 18.8. The molecule has 100 valence electrons. The monoisotopic (exact) mass is 249 g/mol. The van der Waals surface area contributed by atoms with Gasteiger partial charge in [-0.15, -0.1) is 0 Å². The zero-order valence-electron chi connectivity index (χ0n) is 9.28. The molecule has 1 aliphatic rings. The van der Waals surface area contributed by atoms with Gasteiger partial charge in [-0.3, -0.25) is 9.41 Å². The van der Waals surface area contributed by atoms with Crippen molar-refractivity contribution in [2.45, 2.75) is 39.4 Å². The third-order valence-electron chi connectivity index (χ3n) is 3.10. The van der Waals surface area contributed by atoms with Crippen LogP contribution in [0.4, 0.5) is 13.8 Å². The van der Waals surface area contributed by atoms with E-state index in [-0.39, 0.29) is 23.5 Å². The molecule has 17 heavy (non-hydrogen) atoms. The molecule has 1 aliphatic heterocycles.